The second-order valence-electron chi connectivity index (χ2n) is 6.29. The van der Waals surface area contributed by atoms with Crippen LogP contribution in [0.3, 0.4) is 0 Å². The Kier molecular flexibility index (Phi) is 6.60. The number of aromatic nitrogens is 1. The van der Waals surface area contributed by atoms with Crippen LogP contribution in [-0.2, 0) is 9.47 Å². The van der Waals surface area contributed by atoms with E-state index in [9.17, 15) is 10.1 Å². The molecule has 1 aromatic carbocycles. The highest BCUT2D eigenvalue weighted by Crippen LogP contribution is 2.31. The van der Waals surface area contributed by atoms with Crippen molar-refractivity contribution in [3.05, 3.63) is 51.2 Å². The predicted octanol–water partition coefficient (Wildman–Crippen LogP) is 4.54. The molecule has 0 N–H and O–H groups in total. The standard InChI is InChI=1S/C19H21ClN2O5/c1-13-5-6-15(22(23)24)12-16(13)14-10-17(20)21-18(11-14)25-8-9-27-19-4-2-3-7-26-19/h5-6,10-12,19H,2-4,7-9H2,1H3. The van der Waals surface area contributed by atoms with Crippen LogP contribution in [0, 0.1) is 17.0 Å². The number of hydrogen-bond donors (Lipinski definition) is 0. The first kappa shape index (κ1) is 19.5. The van der Waals surface area contributed by atoms with E-state index in [1.54, 1.807) is 18.2 Å². The van der Waals surface area contributed by atoms with Gasteiger partial charge in [-0.05, 0) is 48.9 Å². The fourth-order valence-corrected chi connectivity index (χ4v) is 3.11. The van der Waals surface area contributed by atoms with Gasteiger partial charge in [-0.25, -0.2) is 4.98 Å². The average Bonchev–Trinajstić information content (AvgIpc) is 2.66. The molecule has 1 unspecified atom stereocenters. The molecule has 0 amide bonds. The lowest BCUT2D eigenvalue weighted by Gasteiger charge is -2.22. The molecule has 2 heterocycles. The van der Waals surface area contributed by atoms with Crippen LogP contribution in [0.25, 0.3) is 11.1 Å². The molecule has 0 aliphatic carbocycles. The van der Waals surface area contributed by atoms with Crippen molar-refractivity contribution in [2.45, 2.75) is 32.5 Å². The van der Waals surface area contributed by atoms with Gasteiger partial charge in [0.2, 0.25) is 5.88 Å². The van der Waals surface area contributed by atoms with E-state index in [1.807, 2.05) is 6.92 Å². The molecular weight excluding hydrogens is 372 g/mol. The zero-order valence-electron chi connectivity index (χ0n) is 15.0. The zero-order chi connectivity index (χ0) is 19.2. The summed E-state index contributed by atoms with van der Waals surface area (Å²) in [5.74, 6) is 0.344. The van der Waals surface area contributed by atoms with Gasteiger partial charge >= 0.3 is 0 Å². The second kappa shape index (κ2) is 9.12. The Morgan fingerprint density at radius 2 is 2.15 bits per heavy atom. The average molecular weight is 393 g/mol. The third-order valence-corrected chi connectivity index (χ3v) is 4.48. The minimum atomic E-state index is -0.423. The molecule has 1 fully saturated rings. The first-order valence-electron chi connectivity index (χ1n) is 8.82. The van der Waals surface area contributed by atoms with E-state index in [4.69, 9.17) is 25.8 Å². The van der Waals surface area contributed by atoms with E-state index in [2.05, 4.69) is 4.98 Å². The van der Waals surface area contributed by atoms with E-state index in [-0.39, 0.29) is 17.1 Å². The maximum Gasteiger partial charge on any atom is 0.270 e. The summed E-state index contributed by atoms with van der Waals surface area (Å²) in [6, 6.07) is 8.08. The van der Waals surface area contributed by atoms with Gasteiger partial charge in [-0.3, -0.25) is 10.1 Å². The van der Waals surface area contributed by atoms with Gasteiger partial charge in [0, 0.05) is 24.8 Å². The highest BCUT2D eigenvalue weighted by molar-refractivity contribution is 6.29. The molecule has 1 aromatic heterocycles. The first-order valence-corrected chi connectivity index (χ1v) is 9.20. The van der Waals surface area contributed by atoms with Crippen molar-refractivity contribution in [3.8, 4) is 17.0 Å². The van der Waals surface area contributed by atoms with Gasteiger partial charge < -0.3 is 14.2 Å². The van der Waals surface area contributed by atoms with E-state index in [0.29, 0.717) is 30.2 Å². The van der Waals surface area contributed by atoms with Crippen molar-refractivity contribution >= 4 is 17.3 Å². The molecule has 1 atom stereocenters. The molecule has 144 valence electrons. The monoisotopic (exact) mass is 392 g/mol. The molecule has 1 aliphatic rings. The number of aryl methyl sites for hydroxylation is 1. The van der Waals surface area contributed by atoms with Gasteiger partial charge in [-0.2, -0.15) is 0 Å². The highest BCUT2D eigenvalue weighted by Gasteiger charge is 2.15. The van der Waals surface area contributed by atoms with Crippen molar-refractivity contribution in [3.63, 3.8) is 0 Å². The lowest BCUT2D eigenvalue weighted by Crippen LogP contribution is -2.24. The third-order valence-electron chi connectivity index (χ3n) is 4.29. The molecule has 0 radical (unpaired) electrons. The molecule has 2 aromatic rings. The number of non-ortho nitro benzene ring substituents is 1. The van der Waals surface area contributed by atoms with Gasteiger partial charge in [0.25, 0.3) is 5.69 Å². The number of hydrogen-bond acceptors (Lipinski definition) is 6. The van der Waals surface area contributed by atoms with Crippen LogP contribution in [0.4, 0.5) is 5.69 Å². The van der Waals surface area contributed by atoms with Gasteiger partial charge in [0.05, 0.1) is 11.5 Å². The molecule has 3 rings (SSSR count). The maximum atomic E-state index is 11.1. The van der Waals surface area contributed by atoms with Crippen molar-refractivity contribution in [2.75, 3.05) is 19.8 Å². The van der Waals surface area contributed by atoms with Crippen LogP contribution in [0.5, 0.6) is 5.88 Å². The number of nitro groups is 1. The van der Waals surface area contributed by atoms with Crippen molar-refractivity contribution in [1.82, 2.24) is 4.98 Å². The largest absolute Gasteiger partial charge is 0.475 e. The summed E-state index contributed by atoms with van der Waals surface area (Å²) in [5.41, 5.74) is 2.34. The summed E-state index contributed by atoms with van der Waals surface area (Å²) < 4.78 is 16.8. The molecule has 0 spiro atoms. The smallest absolute Gasteiger partial charge is 0.270 e. The van der Waals surface area contributed by atoms with Crippen LogP contribution in [0.2, 0.25) is 5.15 Å². The number of ether oxygens (including phenoxy) is 3. The summed E-state index contributed by atoms with van der Waals surface area (Å²) in [5, 5.41) is 11.3. The molecule has 1 aliphatic heterocycles. The van der Waals surface area contributed by atoms with E-state index >= 15 is 0 Å². The Morgan fingerprint density at radius 1 is 1.30 bits per heavy atom. The first-order chi connectivity index (χ1) is 13.0. The summed E-state index contributed by atoms with van der Waals surface area (Å²) in [6.07, 6.45) is 2.90. The number of pyridine rings is 1. The molecule has 0 saturated carbocycles. The second-order valence-corrected chi connectivity index (χ2v) is 6.68. The Bertz CT molecular complexity index is 809. The van der Waals surface area contributed by atoms with E-state index < -0.39 is 4.92 Å². The Labute approximate surface area is 162 Å². The Morgan fingerprint density at radius 3 is 2.89 bits per heavy atom. The predicted molar refractivity (Wildman–Crippen MR) is 101 cm³/mol. The van der Waals surface area contributed by atoms with Crippen molar-refractivity contribution in [2.24, 2.45) is 0 Å². The fourth-order valence-electron chi connectivity index (χ4n) is 2.91. The third kappa shape index (κ3) is 5.38. The van der Waals surface area contributed by atoms with E-state index in [1.165, 1.54) is 12.1 Å². The number of nitrogens with zero attached hydrogens (tertiary/aromatic N) is 2. The summed E-state index contributed by atoms with van der Waals surface area (Å²) in [6.45, 7) is 3.30. The van der Waals surface area contributed by atoms with Crippen molar-refractivity contribution in [1.29, 1.82) is 0 Å². The Balaban J connectivity index is 1.67. The van der Waals surface area contributed by atoms with Gasteiger partial charge in [-0.1, -0.05) is 17.7 Å². The maximum absolute atomic E-state index is 11.1. The lowest BCUT2D eigenvalue weighted by molar-refractivity contribution is -0.384. The van der Waals surface area contributed by atoms with E-state index in [0.717, 1.165) is 31.4 Å². The quantitative estimate of drug-likeness (QED) is 0.297. The van der Waals surface area contributed by atoms with Crippen LogP contribution < -0.4 is 4.74 Å². The van der Waals surface area contributed by atoms with Gasteiger partial charge in [-0.15, -0.1) is 0 Å². The van der Waals surface area contributed by atoms with Gasteiger partial charge in [0.15, 0.2) is 6.29 Å². The molecule has 0 bridgehead atoms. The summed E-state index contributed by atoms with van der Waals surface area (Å²) in [7, 11) is 0. The summed E-state index contributed by atoms with van der Waals surface area (Å²) in [4.78, 5) is 14.8. The highest BCUT2D eigenvalue weighted by atomic mass is 35.5. The molecule has 8 heteroatoms. The number of rotatable bonds is 7. The minimum Gasteiger partial charge on any atom is -0.475 e. The molecular formula is C19H21ClN2O5. The lowest BCUT2D eigenvalue weighted by atomic mass is 10.0. The number of halogens is 1. The fraction of sp³-hybridized carbons (Fsp3) is 0.421. The minimum absolute atomic E-state index is 0.0203. The molecule has 1 saturated heterocycles. The number of nitro benzene ring substituents is 1. The van der Waals surface area contributed by atoms with Gasteiger partial charge in [0.1, 0.15) is 11.8 Å². The molecule has 7 nitrogen and oxygen atoms in total. The number of benzene rings is 1. The topological polar surface area (TPSA) is 83.7 Å². The Hall–Kier alpha value is -2.22. The van der Waals surface area contributed by atoms with Crippen LogP contribution >= 0.6 is 11.6 Å². The van der Waals surface area contributed by atoms with Crippen LogP contribution in [-0.4, -0.2) is 36.0 Å². The molecule has 27 heavy (non-hydrogen) atoms. The zero-order valence-corrected chi connectivity index (χ0v) is 15.8. The SMILES string of the molecule is Cc1ccc([N+](=O)[O-])cc1-c1cc(Cl)nc(OCCOC2CCCCO2)c1. The van der Waals surface area contributed by atoms with Crippen LogP contribution in [0.15, 0.2) is 30.3 Å². The normalized spacial score (nSPS) is 16.9. The van der Waals surface area contributed by atoms with Crippen molar-refractivity contribution < 1.29 is 19.1 Å². The van der Waals surface area contributed by atoms with Crippen LogP contribution in [0.1, 0.15) is 24.8 Å². The summed E-state index contributed by atoms with van der Waals surface area (Å²) >= 11 is 6.11.